The lowest BCUT2D eigenvalue weighted by Crippen LogP contribution is -2.40. The van der Waals surface area contributed by atoms with Gasteiger partial charge in [0.05, 0.1) is 19.3 Å². The second-order valence-corrected chi connectivity index (χ2v) is 7.75. The van der Waals surface area contributed by atoms with Crippen LogP contribution in [-0.4, -0.2) is 38.4 Å². The summed E-state index contributed by atoms with van der Waals surface area (Å²) in [5.74, 6) is 1.08. The van der Waals surface area contributed by atoms with Gasteiger partial charge in [-0.1, -0.05) is 54.6 Å². The van der Waals surface area contributed by atoms with Gasteiger partial charge in [0.25, 0.3) is 0 Å². The molecule has 0 amide bonds. The Kier molecular flexibility index (Phi) is 11.4. The molecule has 2 atom stereocenters. The van der Waals surface area contributed by atoms with Crippen molar-refractivity contribution in [3.8, 4) is 0 Å². The van der Waals surface area contributed by atoms with Crippen LogP contribution in [0.3, 0.4) is 0 Å². The van der Waals surface area contributed by atoms with Crippen molar-refractivity contribution >= 4 is 29.9 Å². The average molecular weight is 577 g/mol. The Balaban J connectivity index is 0.00000385. The molecule has 1 fully saturated rings. The molecule has 0 bridgehead atoms. The van der Waals surface area contributed by atoms with Crippen molar-refractivity contribution in [3.05, 3.63) is 71.3 Å². The van der Waals surface area contributed by atoms with Gasteiger partial charge in [-0.2, -0.15) is 13.2 Å². The topological polar surface area (TPSA) is 54.9 Å². The second-order valence-electron chi connectivity index (χ2n) is 7.75. The fourth-order valence-electron chi connectivity index (χ4n) is 3.62. The molecule has 1 aliphatic rings. The van der Waals surface area contributed by atoms with Crippen molar-refractivity contribution in [2.45, 2.75) is 38.8 Å². The zero-order valence-electron chi connectivity index (χ0n) is 18.6. The summed E-state index contributed by atoms with van der Waals surface area (Å²) in [6.45, 7) is 3.40. The fourth-order valence-corrected chi connectivity index (χ4v) is 3.62. The van der Waals surface area contributed by atoms with E-state index >= 15 is 0 Å². The van der Waals surface area contributed by atoms with E-state index in [1.165, 1.54) is 5.56 Å². The van der Waals surface area contributed by atoms with Crippen LogP contribution < -0.4 is 10.6 Å². The molecular formula is C24H31F3IN3O2. The van der Waals surface area contributed by atoms with Crippen LogP contribution in [0.5, 0.6) is 0 Å². The first-order valence-electron chi connectivity index (χ1n) is 10.9. The number of halogens is 4. The molecular weight excluding hydrogens is 546 g/mol. The largest absolute Gasteiger partial charge is 0.411 e. The summed E-state index contributed by atoms with van der Waals surface area (Å²) in [6, 6.07) is 17.5. The van der Waals surface area contributed by atoms with Crippen molar-refractivity contribution in [3.63, 3.8) is 0 Å². The van der Waals surface area contributed by atoms with Gasteiger partial charge < -0.3 is 20.1 Å². The highest BCUT2D eigenvalue weighted by molar-refractivity contribution is 14.0. The van der Waals surface area contributed by atoms with Crippen molar-refractivity contribution in [1.29, 1.82) is 0 Å². The number of aliphatic imine (C=N–C) groups is 1. The van der Waals surface area contributed by atoms with Crippen molar-refractivity contribution < 1.29 is 22.6 Å². The molecule has 0 aromatic heterocycles. The third-order valence-electron chi connectivity index (χ3n) is 5.20. The molecule has 0 aliphatic carbocycles. The summed E-state index contributed by atoms with van der Waals surface area (Å²) in [5.41, 5.74) is 2.85. The Morgan fingerprint density at radius 2 is 1.76 bits per heavy atom. The van der Waals surface area contributed by atoms with E-state index in [4.69, 9.17) is 9.47 Å². The first-order valence-corrected chi connectivity index (χ1v) is 10.9. The monoisotopic (exact) mass is 577 g/mol. The molecule has 2 aromatic carbocycles. The number of benzene rings is 2. The number of rotatable bonds is 9. The Labute approximate surface area is 210 Å². The average Bonchev–Trinajstić information content (AvgIpc) is 3.25. The standard InChI is InChI=1S/C24H30F3N3O2.HI/c1-2-28-23(30-15-21-12-13-32-22(21)20-6-4-3-5-7-20)29-14-18-8-10-19(11-9-18)16-31-17-24(25,26)27;/h3-11,21-22H,2,12-17H2,1H3,(H2,28,29,30);1H. The summed E-state index contributed by atoms with van der Waals surface area (Å²) >= 11 is 0. The van der Waals surface area contributed by atoms with Crippen molar-refractivity contribution in [1.82, 2.24) is 10.6 Å². The van der Waals surface area contributed by atoms with Crippen LogP contribution in [0.15, 0.2) is 59.6 Å². The predicted molar refractivity (Wildman–Crippen MR) is 134 cm³/mol. The first kappa shape index (κ1) is 27.4. The van der Waals surface area contributed by atoms with E-state index < -0.39 is 12.8 Å². The van der Waals surface area contributed by atoms with Crippen molar-refractivity contribution in [2.75, 3.05) is 26.3 Å². The van der Waals surface area contributed by atoms with Gasteiger partial charge in [-0.05, 0) is 30.0 Å². The molecule has 3 rings (SSSR count). The fraction of sp³-hybridized carbons (Fsp3) is 0.458. The van der Waals surface area contributed by atoms with Gasteiger partial charge in [0, 0.05) is 25.6 Å². The van der Waals surface area contributed by atoms with Gasteiger partial charge in [0.2, 0.25) is 0 Å². The third kappa shape index (κ3) is 9.50. The molecule has 182 valence electrons. The Morgan fingerprint density at radius 3 is 2.42 bits per heavy atom. The summed E-state index contributed by atoms with van der Waals surface area (Å²) in [4.78, 5) is 4.64. The highest BCUT2D eigenvalue weighted by atomic mass is 127. The van der Waals surface area contributed by atoms with Crippen LogP contribution in [0.25, 0.3) is 0 Å². The smallest absolute Gasteiger partial charge is 0.373 e. The number of alkyl halides is 3. The van der Waals surface area contributed by atoms with E-state index in [2.05, 4.69) is 27.8 Å². The van der Waals surface area contributed by atoms with Crippen LogP contribution in [-0.2, 0) is 22.6 Å². The Morgan fingerprint density at radius 1 is 1.06 bits per heavy atom. The van der Waals surface area contributed by atoms with E-state index in [-0.39, 0.29) is 36.7 Å². The van der Waals surface area contributed by atoms with Gasteiger partial charge in [0.1, 0.15) is 6.61 Å². The number of nitrogens with one attached hydrogen (secondary N) is 2. The molecule has 0 saturated carbocycles. The van der Waals surface area contributed by atoms with E-state index in [1.54, 1.807) is 12.1 Å². The molecule has 2 unspecified atom stereocenters. The molecule has 5 nitrogen and oxygen atoms in total. The molecule has 1 heterocycles. The lowest BCUT2D eigenvalue weighted by molar-refractivity contribution is -0.176. The maximum atomic E-state index is 12.2. The van der Waals surface area contributed by atoms with Crippen LogP contribution >= 0.6 is 24.0 Å². The van der Waals surface area contributed by atoms with E-state index in [0.29, 0.717) is 18.0 Å². The first-order chi connectivity index (χ1) is 15.4. The van der Waals surface area contributed by atoms with Crippen LogP contribution in [0.4, 0.5) is 13.2 Å². The number of ether oxygens (including phenoxy) is 2. The lowest BCUT2D eigenvalue weighted by Gasteiger charge is -2.21. The summed E-state index contributed by atoms with van der Waals surface area (Å²) < 4.78 is 47.2. The molecule has 0 radical (unpaired) electrons. The third-order valence-corrected chi connectivity index (χ3v) is 5.20. The van der Waals surface area contributed by atoms with Crippen LogP contribution in [0.1, 0.15) is 36.1 Å². The van der Waals surface area contributed by atoms with Gasteiger partial charge in [0.15, 0.2) is 5.96 Å². The molecule has 1 saturated heterocycles. The maximum absolute atomic E-state index is 12.2. The highest BCUT2D eigenvalue weighted by Gasteiger charge is 2.29. The zero-order chi connectivity index (χ0) is 22.8. The summed E-state index contributed by atoms with van der Waals surface area (Å²) in [5, 5.41) is 6.67. The number of hydrogen-bond acceptors (Lipinski definition) is 3. The maximum Gasteiger partial charge on any atom is 0.411 e. The van der Waals surface area contributed by atoms with Crippen LogP contribution in [0.2, 0.25) is 0 Å². The minimum atomic E-state index is -4.31. The summed E-state index contributed by atoms with van der Waals surface area (Å²) in [7, 11) is 0. The molecule has 1 aliphatic heterocycles. The Hall–Kier alpha value is -1.85. The highest BCUT2D eigenvalue weighted by Crippen LogP contribution is 2.33. The number of hydrogen-bond donors (Lipinski definition) is 2. The molecule has 2 aromatic rings. The van der Waals surface area contributed by atoms with Gasteiger partial charge >= 0.3 is 6.18 Å². The normalized spacial score (nSPS) is 18.6. The Bertz CT molecular complexity index is 848. The number of guanidine groups is 1. The second kappa shape index (κ2) is 13.8. The van der Waals surface area contributed by atoms with E-state index in [0.717, 1.165) is 37.6 Å². The van der Waals surface area contributed by atoms with Gasteiger partial charge in [-0.25, -0.2) is 4.99 Å². The number of nitrogens with zero attached hydrogens (tertiary/aromatic N) is 1. The summed E-state index contributed by atoms with van der Waals surface area (Å²) in [6.07, 6.45) is -3.24. The molecule has 0 spiro atoms. The SMILES string of the molecule is CCNC(=NCc1ccc(COCC(F)(F)F)cc1)NCC1CCOC1c1ccccc1.I. The van der Waals surface area contributed by atoms with Crippen molar-refractivity contribution in [2.24, 2.45) is 10.9 Å². The molecule has 2 N–H and O–H groups in total. The molecule has 9 heteroatoms. The van der Waals surface area contributed by atoms with Gasteiger partial charge in [-0.3, -0.25) is 0 Å². The van der Waals surface area contributed by atoms with Crippen LogP contribution in [0, 0.1) is 5.92 Å². The quantitative estimate of drug-likeness (QED) is 0.244. The van der Waals surface area contributed by atoms with E-state index in [9.17, 15) is 13.2 Å². The van der Waals surface area contributed by atoms with Gasteiger partial charge in [-0.15, -0.1) is 24.0 Å². The lowest BCUT2D eigenvalue weighted by atomic mass is 9.95. The minimum absolute atomic E-state index is 0. The zero-order valence-corrected chi connectivity index (χ0v) is 20.9. The minimum Gasteiger partial charge on any atom is -0.373 e. The van der Waals surface area contributed by atoms with E-state index in [1.807, 2.05) is 37.3 Å². The molecule has 33 heavy (non-hydrogen) atoms. The predicted octanol–water partition coefficient (Wildman–Crippen LogP) is 5.22.